The molecule has 1 rings (SSSR count). The molecule has 0 aliphatic heterocycles. The summed E-state index contributed by atoms with van der Waals surface area (Å²) in [5, 5.41) is 17.7. The Kier molecular flexibility index (Phi) is 2.60. The van der Waals surface area contributed by atoms with E-state index >= 15 is 0 Å². The predicted molar refractivity (Wildman–Crippen MR) is 45.6 cm³/mol. The van der Waals surface area contributed by atoms with Gasteiger partial charge in [-0.25, -0.2) is 4.39 Å². The highest BCUT2D eigenvalue weighted by molar-refractivity contribution is 7.27. The average molecular weight is 172 g/mol. The molecular weight excluding hydrogens is 165 g/mol. The van der Waals surface area contributed by atoms with E-state index in [-0.39, 0.29) is 5.46 Å². The summed E-state index contributed by atoms with van der Waals surface area (Å²) in [5.74, 6) is -0.458. The van der Waals surface area contributed by atoms with E-state index in [0.29, 0.717) is 5.30 Å². The lowest BCUT2D eigenvalue weighted by Crippen LogP contribution is -2.31. The molecule has 0 saturated heterocycles. The molecule has 0 fully saturated rings. The molecule has 1 aromatic rings. The molecule has 0 aromatic heterocycles. The number of benzene rings is 1. The molecule has 2 N–H and O–H groups in total. The molecule has 0 saturated carbocycles. The van der Waals surface area contributed by atoms with E-state index in [4.69, 9.17) is 10.0 Å². The van der Waals surface area contributed by atoms with Gasteiger partial charge in [-0.1, -0.05) is 12.1 Å². The second-order valence-corrected chi connectivity index (χ2v) is 2.78. The molecule has 11 heavy (non-hydrogen) atoms. The number of hydrogen-bond acceptors (Lipinski definition) is 2. The molecule has 5 heteroatoms. The smallest absolute Gasteiger partial charge is 0.423 e. The van der Waals surface area contributed by atoms with Crippen LogP contribution in [0, 0.1) is 5.82 Å². The lowest BCUT2D eigenvalue weighted by Gasteiger charge is -2.00. The molecule has 1 unspecified atom stereocenters. The SMILES string of the molecule is OB(O)c1ccc(P)c(F)c1. The normalized spacial score (nSPS) is 9.82. The van der Waals surface area contributed by atoms with Crippen LogP contribution in [0.25, 0.3) is 0 Å². The highest BCUT2D eigenvalue weighted by Crippen LogP contribution is 1.95. The lowest BCUT2D eigenvalue weighted by molar-refractivity contribution is 0.425. The first-order valence-electron chi connectivity index (χ1n) is 3.02. The zero-order chi connectivity index (χ0) is 8.43. The minimum Gasteiger partial charge on any atom is -0.423 e. The molecule has 0 amide bonds. The summed E-state index contributed by atoms with van der Waals surface area (Å²) < 4.78 is 12.7. The second-order valence-electron chi connectivity index (χ2n) is 2.15. The van der Waals surface area contributed by atoms with Crippen LogP contribution in [0.15, 0.2) is 18.2 Å². The minimum atomic E-state index is -1.60. The van der Waals surface area contributed by atoms with Crippen molar-refractivity contribution in [2.24, 2.45) is 0 Å². The van der Waals surface area contributed by atoms with E-state index < -0.39 is 12.9 Å². The Bertz CT molecular complexity index is 267. The van der Waals surface area contributed by atoms with Gasteiger partial charge in [-0.15, -0.1) is 9.24 Å². The van der Waals surface area contributed by atoms with Crippen molar-refractivity contribution in [3.05, 3.63) is 24.0 Å². The van der Waals surface area contributed by atoms with E-state index in [9.17, 15) is 4.39 Å². The number of halogens is 1. The van der Waals surface area contributed by atoms with E-state index in [2.05, 4.69) is 9.24 Å². The molecule has 0 heterocycles. The van der Waals surface area contributed by atoms with Gasteiger partial charge in [0.2, 0.25) is 0 Å². The first-order valence-corrected chi connectivity index (χ1v) is 3.60. The summed E-state index contributed by atoms with van der Waals surface area (Å²) in [6.45, 7) is 0. The molecule has 58 valence electrons. The van der Waals surface area contributed by atoms with Crippen LogP contribution in [0.1, 0.15) is 0 Å². The third-order valence-electron chi connectivity index (χ3n) is 1.32. The van der Waals surface area contributed by atoms with Crippen molar-refractivity contribution in [1.29, 1.82) is 0 Å². The van der Waals surface area contributed by atoms with Gasteiger partial charge in [-0.05, 0) is 11.5 Å². The monoisotopic (exact) mass is 172 g/mol. The Morgan fingerprint density at radius 1 is 1.36 bits per heavy atom. The Labute approximate surface area is 66.4 Å². The number of rotatable bonds is 1. The van der Waals surface area contributed by atoms with Gasteiger partial charge < -0.3 is 10.0 Å². The quantitative estimate of drug-likeness (QED) is 0.421. The fourth-order valence-electron chi connectivity index (χ4n) is 0.704. The summed E-state index contributed by atoms with van der Waals surface area (Å²) in [6.07, 6.45) is 0. The van der Waals surface area contributed by atoms with Crippen molar-refractivity contribution in [3.63, 3.8) is 0 Å². The maximum Gasteiger partial charge on any atom is 0.488 e. The van der Waals surface area contributed by atoms with Crippen molar-refractivity contribution in [2.45, 2.75) is 0 Å². The van der Waals surface area contributed by atoms with Crippen molar-refractivity contribution in [3.8, 4) is 0 Å². The Hall–Kier alpha value is -0.435. The maximum absolute atomic E-state index is 12.7. The van der Waals surface area contributed by atoms with Gasteiger partial charge in [0.05, 0.1) is 0 Å². The molecule has 0 aliphatic carbocycles. The topological polar surface area (TPSA) is 40.5 Å². The Morgan fingerprint density at radius 3 is 2.45 bits per heavy atom. The molecule has 0 aliphatic rings. The van der Waals surface area contributed by atoms with Crippen LogP contribution in [-0.4, -0.2) is 17.2 Å². The molecule has 1 aromatic carbocycles. The third kappa shape index (κ3) is 1.99. The van der Waals surface area contributed by atoms with Gasteiger partial charge in [0, 0.05) is 5.30 Å². The molecule has 0 radical (unpaired) electrons. The fraction of sp³-hybridized carbons (Fsp3) is 0. The summed E-state index contributed by atoms with van der Waals surface area (Å²) in [4.78, 5) is 0. The highest BCUT2D eigenvalue weighted by atomic mass is 31.0. The van der Waals surface area contributed by atoms with Crippen LogP contribution in [0.4, 0.5) is 4.39 Å². The maximum atomic E-state index is 12.7. The summed E-state index contributed by atoms with van der Waals surface area (Å²) >= 11 is 0. The van der Waals surface area contributed by atoms with Crippen LogP contribution >= 0.6 is 9.24 Å². The van der Waals surface area contributed by atoms with E-state index in [1.54, 1.807) is 0 Å². The fourth-order valence-corrected chi connectivity index (χ4v) is 0.884. The summed E-state index contributed by atoms with van der Waals surface area (Å²) in [6, 6.07) is 4.01. The molecule has 2 nitrogen and oxygen atoms in total. The summed E-state index contributed by atoms with van der Waals surface area (Å²) in [5.41, 5.74) is 0.161. The zero-order valence-corrected chi connectivity index (χ0v) is 6.81. The van der Waals surface area contributed by atoms with E-state index in [0.717, 1.165) is 6.07 Å². The van der Waals surface area contributed by atoms with Crippen molar-refractivity contribution < 1.29 is 14.4 Å². The standard InChI is InChI=1S/C6H7BFO2P/c8-5-3-4(7(9)10)1-2-6(5)11/h1-3,9-10H,11H2. The Balaban J connectivity index is 3.05. The average Bonchev–Trinajstić information content (AvgIpc) is 1.94. The van der Waals surface area contributed by atoms with Crippen LogP contribution < -0.4 is 10.8 Å². The second kappa shape index (κ2) is 3.31. The van der Waals surface area contributed by atoms with Gasteiger partial charge in [0.25, 0.3) is 0 Å². The molecular formula is C6H7BFO2P. The first-order chi connectivity index (χ1) is 5.11. The van der Waals surface area contributed by atoms with Crippen LogP contribution in [0.3, 0.4) is 0 Å². The predicted octanol–water partition coefficient (Wildman–Crippen LogP) is -0.994. The third-order valence-corrected chi connectivity index (χ3v) is 1.79. The van der Waals surface area contributed by atoms with Crippen molar-refractivity contribution in [1.82, 2.24) is 0 Å². The van der Waals surface area contributed by atoms with E-state index in [1.165, 1.54) is 12.1 Å². The minimum absolute atomic E-state index is 0.161. The Morgan fingerprint density at radius 2 is 2.00 bits per heavy atom. The van der Waals surface area contributed by atoms with Gasteiger partial charge in [0.1, 0.15) is 5.82 Å². The largest absolute Gasteiger partial charge is 0.488 e. The van der Waals surface area contributed by atoms with Crippen molar-refractivity contribution >= 4 is 27.1 Å². The number of hydrogen-bond donors (Lipinski definition) is 2. The van der Waals surface area contributed by atoms with Crippen LogP contribution in [0.5, 0.6) is 0 Å². The van der Waals surface area contributed by atoms with Gasteiger partial charge in [0.15, 0.2) is 0 Å². The van der Waals surface area contributed by atoms with Gasteiger partial charge in [-0.2, -0.15) is 0 Å². The van der Waals surface area contributed by atoms with Crippen molar-refractivity contribution in [2.75, 3.05) is 0 Å². The first kappa shape index (κ1) is 8.66. The highest BCUT2D eigenvalue weighted by Gasteiger charge is 2.11. The zero-order valence-electron chi connectivity index (χ0n) is 5.66. The molecule has 0 spiro atoms. The van der Waals surface area contributed by atoms with Gasteiger partial charge in [-0.3, -0.25) is 0 Å². The van der Waals surface area contributed by atoms with Crippen LogP contribution in [0.2, 0.25) is 0 Å². The molecule has 1 atom stereocenters. The lowest BCUT2D eigenvalue weighted by atomic mass is 9.80. The molecule has 0 bridgehead atoms. The summed E-state index contributed by atoms with van der Waals surface area (Å²) in [7, 11) is 0.602. The van der Waals surface area contributed by atoms with Crippen LogP contribution in [-0.2, 0) is 0 Å². The van der Waals surface area contributed by atoms with Gasteiger partial charge >= 0.3 is 7.12 Å². The van der Waals surface area contributed by atoms with E-state index in [1.807, 2.05) is 0 Å².